The Morgan fingerprint density at radius 2 is 1.07 bits per heavy atom. The highest BCUT2D eigenvalue weighted by Crippen LogP contribution is 2.32. The Kier molecular flexibility index (Phi) is 19.9. The highest BCUT2D eigenvalue weighted by molar-refractivity contribution is 4.71. The van der Waals surface area contributed by atoms with E-state index in [4.69, 9.17) is 0 Å². The smallest absolute Gasteiger partial charge is 0.0368 e. The Balaban J connectivity index is 0. The van der Waals surface area contributed by atoms with Crippen LogP contribution < -0.4 is 0 Å². The van der Waals surface area contributed by atoms with Crippen LogP contribution in [0.3, 0.4) is 0 Å². The van der Waals surface area contributed by atoms with Crippen molar-refractivity contribution < 1.29 is 0 Å². The summed E-state index contributed by atoms with van der Waals surface area (Å²) in [5, 5.41) is 0. The summed E-state index contributed by atoms with van der Waals surface area (Å²) in [4.78, 5) is 0. The zero-order valence-electron chi connectivity index (χ0n) is 23.9. The van der Waals surface area contributed by atoms with Gasteiger partial charge in [-0.15, -0.1) is 0 Å². The van der Waals surface area contributed by atoms with E-state index in [-0.39, 0.29) is 0 Å². The summed E-state index contributed by atoms with van der Waals surface area (Å²) in [7, 11) is 0. The average Bonchev–Trinajstić information content (AvgIpc) is 2.64. The first-order chi connectivity index (χ1) is 14.0. The summed E-state index contributed by atoms with van der Waals surface area (Å²) in [5.74, 6) is 8.33. The Morgan fingerprint density at radius 3 is 1.23 bits per heavy atom. The van der Waals surface area contributed by atoms with Crippen LogP contribution in [-0.4, -0.2) is 0 Å². The second-order valence-electron chi connectivity index (χ2n) is 11.6. The molecular weight excluding hydrogens is 360 g/mol. The SMILES string of the molecule is CC(C)C1CCC1.CCC(C)C(CC)C(C)C.CCC(C)C(CC)CC(C)C(C)C. The zero-order valence-corrected chi connectivity index (χ0v) is 23.9. The molecule has 0 heterocycles. The third kappa shape index (κ3) is 14.1. The summed E-state index contributed by atoms with van der Waals surface area (Å²) in [6.07, 6.45) is 11.3. The van der Waals surface area contributed by atoms with Gasteiger partial charge in [0.1, 0.15) is 0 Å². The lowest BCUT2D eigenvalue weighted by Crippen LogP contribution is -2.16. The molecule has 184 valence electrons. The van der Waals surface area contributed by atoms with E-state index in [0.29, 0.717) is 0 Å². The molecule has 0 aliphatic heterocycles. The van der Waals surface area contributed by atoms with Crippen molar-refractivity contribution in [2.45, 2.75) is 141 Å². The van der Waals surface area contributed by atoms with Crippen LogP contribution in [0.5, 0.6) is 0 Å². The maximum atomic E-state index is 2.40. The summed E-state index contributed by atoms with van der Waals surface area (Å²) >= 11 is 0. The van der Waals surface area contributed by atoms with Gasteiger partial charge in [0.25, 0.3) is 0 Å². The van der Waals surface area contributed by atoms with Crippen molar-refractivity contribution in [1.82, 2.24) is 0 Å². The molecular formula is C30H64. The molecule has 1 fully saturated rings. The number of hydrogen-bond acceptors (Lipinski definition) is 0. The minimum atomic E-state index is 0.845. The lowest BCUT2D eigenvalue weighted by Gasteiger charge is -2.28. The maximum Gasteiger partial charge on any atom is -0.0368 e. The van der Waals surface area contributed by atoms with Gasteiger partial charge in [0.05, 0.1) is 0 Å². The first kappa shape index (κ1) is 32.2. The predicted molar refractivity (Wildman–Crippen MR) is 142 cm³/mol. The minimum Gasteiger partial charge on any atom is -0.0651 e. The molecule has 5 unspecified atom stereocenters. The van der Waals surface area contributed by atoms with Gasteiger partial charge in [-0.25, -0.2) is 0 Å². The molecule has 5 atom stereocenters. The molecule has 1 aliphatic carbocycles. The fraction of sp³-hybridized carbons (Fsp3) is 1.00. The van der Waals surface area contributed by atoms with E-state index >= 15 is 0 Å². The van der Waals surface area contributed by atoms with Gasteiger partial charge >= 0.3 is 0 Å². The molecule has 1 rings (SSSR count). The first-order valence-corrected chi connectivity index (χ1v) is 14.0. The largest absolute Gasteiger partial charge is 0.0651 e. The first-order valence-electron chi connectivity index (χ1n) is 14.0. The molecule has 1 aliphatic rings. The van der Waals surface area contributed by atoms with Crippen molar-refractivity contribution in [3.63, 3.8) is 0 Å². The second-order valence-corrected chi connectivity index (χ2v) is 11.6. The van der Waals surface area contributed by atoms with Crippen molar-refractivity contribution in [3.8, 4) is 0 Å². The van der Waals surface area contributed by atoms with Crippen molar-refractivity contribution in [2.24, 2.45) is 53.3 Å². The molecule has 0 saturated heterocycles. The molecule has 0 aromatic heterocycles. The van der Waals surface area contributed by atoms with Gasteiger partial charge in [0.15, 0.2) is 0 Å². The van der Waals surface area contributed by atoms with Crippen LogP contribution in [0, 0.1) is 53.3 Å². The molecule has 0 bridgehead atoms. The molecule has 0 amide bonds. The lowest BCUT2D eigenvalue weighted by atomic mass is 9.78. The van der Waals surface area contributed by atoms with Gasteiger partial charge in [0.2, 0.25) is 0 Å². The van der Waals surface area contributed by atoms with Gasteiger partial charge < -0.3 is 0 Å². The van der Waals surface area contributed by atoms with E-state index in [1.54, 1.807) is 0 Å². The highest BCUT2D eigenvalue weighted by Gasteiger charge is 2.20. The molecule has 0 nitrogen and oxygen atoms in total. The van der Waals surface area contributed by atoms with E-state index in [1.165, 1.54) is 51.4 Å². The molecule has 0 N–H and O–H groups in total. The molecule has 0 aromatic carbocycles. The second kappa shape index (κ2) is 18.6. The molecule has 0 heteroatoms. The predicted octanol–water partition coefficient (Wildman–Crippen LogP) is 10.9. The maximum absolute atomic E-state index is 2.40. The van der Waals surface area contributed by atoms with Gasteiger partial charge in [-0.05, 0) is 59.7 Å². The number of hydrogen-bond donors (Lipinski definition) is 0. The molecule has 30 heavy (non-hydrogen) atoms. The van der Waals surface area contributed by atoms with Crippen molar-refractivity contribution in [3.05, 3.63) is 0 Å². The summed E-state index contributed by atoms with van der Waals surface area (Å²) < 4.78 is 0. The zero-order chi connectivity index (χ0) is 23.9. The van der Waals surface area contributed by atoms with Crippen molar-refractivity contribution >= 4 is 0 Å². The van der Waals surface area contributed by atoms with Crippen LogP contribution in [-0.2, 0) is 0 Å². The topological polar surface area (TPSA) is 0 Å². The third-order valence-electron chi connectivity index (χ3n) is 8.58. The normalized spacial score (nSPS) is 19.2. The van der Waals surface area contributed by atoms with Gasteiger partial charge in [-0.3, -0.25) is 0 Å². The quantitative estimate of drug-likeness (QED) is 0.309. The van der Waals surface area contributed by atoms with Crippen LogP contribution in [0.2, 0.25) is 0 Å². The minimum absolute atomic E-state index is 0.845. The molecule has 0 radical (unpaired) electrons. The Morgan fingerprint density at radius 1 is 0.567 bits per heavy atom. The van der Waals surface area contributed by atoms with Crippen molar-refractivity contribution in [2.75, 3.05) is 0 Å². The Labute approximate surface area is 194 Å². The fourth-order valence-corrected chi connectivity index (χ4v) is 4.82. The van der Waals surface area contributed by atoms with Crippen molar-refractivity contribution in [1.29, 1.82) is 0 Å². The highest BCUT2D eigenvalue weighted by atomic mass is 14.3. The Hall–Kier alpha value is 0. The third-order valence-corrected chi connectivity index (χ3v) is 8.58. The summed E-state index contributed by atoms with van der Waals surface area (Å²) in [5.41, 5.74) is 0. The standard InChI is InChI=1S/C13H28.C10H22.C7H14/c1-7-11(5)13(8-2)9-12(6)10(3)4;1-6-9(5)10(7-2)8(3)4;1-6(2)7-4-3-5-7/h10-13H,7-9H2,1-6H3;8-10H,6-7H2,1-5H3;6-7H,3-5H2,1-2H3. The van der Waals surface area contributed by atoms with Crippen LogP contribution in [0.25, 0.3) is 0 Å². The van der Waals surface area contributed by atoms with E-state index in [0.717, 1.165) is 53.3 Å². The Bertz CT molecular complexity index is 349. The van der Waals surface area contributed by atoms with Gasteiger partial charge in [0, 0.05) is 0 Å². The van der Waals surface area contributed by atoms with E-state index in [9.17, 15) is 0 Å². The summed E-state index contributed by atoms with van der Waals surface area (Å²) in [6.45, 7) is 30.4. The van der Waals surface area contributed by atoms with Crippen LogP contribution in [0.1, 0.15) is 141 Å². The summed E-state index contributed by atoms with van der Waals surface area (Å²) in [6, 6.07) is 0. The van der Waals surface area contributed by atoms with Crippen LogP contribution in [0.4, 0.5) is 0 Å². The van der Waals surface area contributed by atoms with E-state index in [2.05, 4.69) is 90.0 Å². The number of rotatable bonds is 11. The lowest BCUT2D eigenvalue weighted by molar-refractivity contribution is 0.235. The molecule has 0 spiro atoms. The van der Waals surface area contributed by atoms with E-state index in [1.807, 2.05) is 0 Å². The molecule has 0 aromatic rings. The van der Waals surface area contributed by atoms with Crippen LogP contribution in [0.15, 0.2) is 0 Å². The van der Waals surface area contributed by atoms with Gasteiger partial charge in [-0.2, -0.15) is 0 Å². The fourth-order valence-electron chi connectivity index (χ4n) is 4.82. The van der Waals surface area contributed by atoms with E-state index < -0.39 is 0 Å². The van der Waals surface area contributed by atoms with Gasteiger partial charge in [-0.1, -0.05) is 135 Å². The van der Waals surface area contributed by atoms with Crippen LogP contribution >= 0.6 is 0 Å². The molecule has 1 saturated carbocycles. The monoisotopic (exact) mass is 425 g/mol. The average molecular weight is 425 g/mol.